The van der Waals surface area contributed by atoms with E-state index in [4.69, 9.17) is 14.6 Å². The van der Waals surface area contributed by atoms with Crippen LogP contribution in [0.25, 0.3) is 0 Å². The maximum Gasteiger partial charge on any atom is 0.106 e. The van der Waals surface area contributed by atoms with Crippen molar-refractivity contribution in [3.8, 4) is 0 Å². The average Bonchev–Trinajstić information content (AvgIpc) is 3.11. The summed E-state index contributed by atoms with van der Waals surface area (Å²) >= 11 is 0. The minimum Gasteiger partial charge on any atom is -0.396 e. The van der Waals surface area contributed by atoms with Crippen LogP contribution < -0.4 is 0 Å². The summed E-state index contributed by atoms with van der Waals surface area (Å²) in [5, 5.41) is 8.40. The smallest absolute Gasteiger partial charge is 0.106 e. The fourth-order valence-electron chi connectivity index (χ4n) is 3.85. The van der Waals surface area contributed by atoms with Crippen molar-refractivity contribution in [1.29, 1.82) is 0 Å². The molecule has 4 unspecified atom stereocenters. The van der Waals surface area contributed by atoms with E-state index in [0.29, 0.717) is 17.4 Å². The molecule has 3 heteroatoms. The van der Waals surface area contributed by atoms with Crippen LogP contribution in [0.15, 0.2) is 0 Å². The van der Waals surface area contributed by atoms with Crippen molar-refractivity contribution in [3.05, 3.63) is 0 Å². The van der Waals surface area contributed by atoms with Gasteiger partial charge in [-0.05, 0) is 53.8 Å². The SMILES string of the molecule is C=O.CC(C)(C)CO.CC(C)C(OCC(C)(C)C)C1CC2CCC1C2. The fourth-order valence-corrected chi connectivity index (χ4v) is 3.85. The van der Waals surface area contributed by atoms with Gasteiger partial charge in [-0.3, -0.25) is 0 Å². The largest absolute Gasteiger partial charge is 0.396 e. The van der Waals surface area contributed by atoms with Gasteiger partial charge in [-0.2, -0.15) is 0 Å². The highest BCUT2D eigenvalue weighted by Crippen LogP contribution is 2.51. The average molecular weight is 357 g/mol. The number of hydrogen-bond donors (Lipinski definition) is 1. The Balaban J connectivity index is 0.000000614. The zero-order chi connectivity index (χ0) is 19.8. The fraction of sp³-hybridized carbons (Fsp3) is 0.955. The highest BCUT2D eigenvalue weighted by Gasteiger charge is 2.44. The van der Waals surface area contributed by atoms with Crippen LogP contribution in [0.3, 0.4) is 0 Å². The van der Waals surface area contributed by atoms with Crippen LogP contribution >= 0.6 is 0 Å². The van der Waals surface area contributed by atoms with Crippen LogP contribution in [0.4, 0.5) is 0 Å². The summed E-state index contributed by atoms with van der Waals surface area (Å²) in [5.74, 6) is 3.54. The maximum absolute atomic E-state index is 8.40. The van der Waals surface area contributed by atoms with E-state index in [1.165, 1.54) is 25.7 Å². The van der Waals surface area contributed by atoms with Crippen molar-refractivity contribution in [2.45, 2.75) is 87.2 Å². The first-order valence-corrected chi connectivity index (χ1v) is 9.94. The van der Waals surface area contributed by atoms with E-state index in [1.54, 1.807) is 0 Å². The Kier molecular flexibility index (Phi) is 10.5. The van der Waals surface area contributed by atoms with Gasteiger partial charge in [0.2, 0.25) is 0 Å². The third kappa shape index (κ3) is 9.75. The number of carbonyl (C=O) groups is 1. The Morgan fingerprint density at radius 2 is 1.52 bits per heavy atom. The standard InChI is InChI=1S/C16H30O.C5H12O.CH2O/c1-11(2)15(17-10-16(3,4)5)14-9-12-6-7-13(14)8-12;1-5(2,3)4-6;1-2/h11-15H,6-10H2,1-5H3;6H,4H2,1-3H3;1H2. The first-order chi connectivity index (χ1) is 11.4. The predicted molar refractivity (Wildman–Crippen MR) is 107 cm³/mol. The van der Waals surface area contributed by atoms with Crippen LogP contribution in [0, 0.1) is 34.5 Å². The molecule has 2 bridgehead atoms. The lowest BCUT2D eigenvalue weighted by Gasteiger charge is -2.35. The summed E-state index contributed by atoms with van der Waals surface area (Å²) in [5.41, 5.74) is 0.394. The molecule has 25 heavy (non-hydrogen) atoms. The number of rotatable bonds is 4. The topological polar surface area (TPSA) is 46.5 Å². The van der Waals surface area contributed by atoms with Gasteiger partial charge >= 0.3 is 0 Å². The monoisotopic (exact) mass is 356 g/mol. The van der Waals surface area contributed by atoms with E-state index >= 15 is 0 Å². The van der Waals surface area contributed by atoms with Crippen LogP contribution in [-0.4, -0.2) is 31.2 Å². The molecule has 2 aliphatic carbocycles. The molecule has 0 radical (unpaired) electrons. The highest BCUT2D eigenvalue weighted by molar-refractivity contribution is 5.11. The Morgan fingerprint density at radius 3 is 1.80 bits per heavy atom. The predicted octanol–water partition coefficient (Wildman–Crippen LogP) is 5.35. The van der Waals surface area contributed by atoms with E-state index in [1.807, 2.05) is 27.6 Å². The summed E-state index contributed by atoms with van der Waals surface area (Å²) in [6.45, 7) is 20.6. The van der Waals surface area contributed by atoms with Crippen molar-refractivity contribution >= 4 is 6.79 Å². The first kappa shape index (κ1) is 24.6. The van der Waals surface area contributed by atoms with Gasteiger partial charge in [-0.15, -0.1) is 0 Å². The number of carbonyl (C=O) groups excluding carboxylic acids is 1. The molecule has 0 heterocycles. The lowest BCUT2D eigenvalue weighted by Crippen LogP contribution is -2.35. The zero-order valence-electron chi connectivity index (χ0n) is 18.1. The molecule has 2 aliphatic rings. The van der Waals surface area contributed by atoms with E-state index in [0.717, 1.165) is 24.4 Å². The minimum atomic E-state index is 0.0972. The van der Waals surface area contributed by atoms with E-state index in [2.05, 4.69) is 34.6 Å². The number of aliphatic hydroxyl groups is 1. The van der Waals surface area contributed by atoms with Gasteiger partial charge in [0.15, 0.2) is 0 Å². The second-order valence-electron chi connectivity index (χ2n) is 10.6. The molecule has 0 aliphatic heterocycles. The Morgan fingerprint density at radius 1 is 1.00 bits per heavy atom. The van der Waals surface area contributed by atoms with Crippen molar-refractivity contribution < 1.29 is 14.6 Å². The highest BCUT2D eigenvalue weighted by atomic mass is 16.5. The molecule has 2 fully saturated rings. The third-order valence-electron chi connectivity index (χ3n) is 5.05. The van der Waals surface area contributed by atoms with Gasteiger partial charge < -0.3 is 14.6 Å². The van der Waals surface area contributed by atoms with Gasteiger partial charge in [0.1, 0.15) is 6.79 Å². The van der Waals surface area contributed by atoms with Gasteiger partial charge in [0, 0.05) is 6.61 Å². The second kappa shape index (κ2) is 10.7. The van der Waals surface area contributed by atoms with Gasteiger partial charge in [0.05, 0.1) is 12.7 Å². The van der Waals surface area contributed by atoms with Crippen LogP contribution in [0.5, 0.6) is 0 Å². The molecule has 1 N–H and O–H groups in total. The maximum atomic E-state index is 8.40. The van der Waals surface area contributed by atoms with Crippen molar-refractivity contribution in [2.75, 3.05) is 13.2 Å². The van der Waals surface area contributed by atoms with E-state index < -0.39 is 0 Å². The molecular formula is C22H44O3. The van der Waals surface area contributed by atoms with Crippen molar-refractivity contribution in [1.82, 2.24) is 0 Å². The third-order valence-corrected chi connectivity index (χ3v) is 5.05. The number of hydrogen-bond acceptors (Lipinski definition) is 3. The molecule has 0 saturated heterocycles. The Bertz CT molecular complexity index is 351. The molecule has 2 saturated carbocycles. The molecule has 0 aromatic carbocycles. The molecule has 0 aromatic heterocycles. The Hall–Kier alpha value is -0.410. The van der Waals surface area contributed by atoms with Crippen molar-refractivity contribution in [3.63, 3.8) is 0 Å². The Labute approximate surface area is 156 Å². The molecule has 150 valence electrons. The minimum absolute atomic E-state index is 0.0972. The van der Waals surface area contributed by atoms with Gasteiger partial charge in [0.25, 0.3) is 0 Å². The van der Waals surface area contributed by atoms with Crippen LogP contribution in [-0.2, 0) is 9.53 Å². The molecular weight excluding hydrogens is 312 g/mol. The molecule has 0 spiro atoms. The van der Waals surface area contributed by atoms with Gasteiger partial charge in [-0.25, -0.2) is 0 Å². The molecule has 0 aromatic rings. The van der Waals surface area contributed by atoms with Crippen LogP contribution in [0.1, 0.15) is 81.1 Å². The molecule has 2 rings (SSSR count). The lowest BCUT2D eigenvalue weighted by molar-refractivity contribution is -0.0979. The second-order valence-corrected chi connectivity index (χ2v) is 10.6. The number of aliphatic hydroxyl groups excluding tert-OH is 1. The zero-order valence-corrected chi connectivity index (χ0v) is 18.1. The summed E-state index contributed by atoms with van der Waals surface area (Å²) < 4.78 is 6.30. The molecule has 3 nitrogen and oxygen atoms in total. The summed E-state index contributed by atoms with van der Waals surface area (Å²) in [6.07, 6.45) is 6.40. The summed E-state index contributed by atoms with van der Waals surface area (Å²) in [7, 11) is 0. The normalized spacial score (nSPS) is 26.6. The van der Waals surface area contributed by atoms with Crippen molar-refractivity contribution in [2.24, 2.45) is 34.5 Å². The van der Waals surface area contributed by atoms with Gasteiger partial charge in [-0.1, -0.05) is 61.8 Å². The number of ether oxygens (including phenoxy) is 1. The summed E-state index contributed by atoms with van der Waals surface area (Å²) in [6, 6.07) is 0. The van der Waals surface area contributed by atoms with Crippen LogP contribution in [0.2, 0.25) is 0 Å². The first-order valence-electron chi connectivity index (χ1n) is 9.94. The molecule has 4 atom stereocenters. The summed E-state index contributed by atoms with van der Waals surface area (Å²) in [4.78, 5) is 8.00. The quantitative estimate of drug-likeness (QED) is 0.738. The lowest BCUT2D eigenvalue weighted by atomic mass is 9.80. The van der Waals surface area contributed by atoms with E-state index in [9.17, 15) is 0 Å². The number of fused-ring (bicyclic) bond motifs is 2. The molecule has 0 amide bonds. The van der Waals surface area contributed by atoms with E-state index in [-0.39, 0.29) is 12.0 Å².